The Morgan fingerprint density at radius 1 is 1.26 bits per heavy atom. The van der Waals surface area contributed by atoms with Crippen LogP contribution < -0.4 is 5.43 Å². The molecule has 1 heterocycles. The zero-order valence-corrected chi connectivity index (χ0v) is 11.2. The number of rotatable bonds is 2. The predicted octanol–water partition coefficient (Wildman–Crippen LogP) is 2.81. The molecule has 0 aliphatic carbocycles. The average molecular weight is 278 g/mol. The number of pyridine rings is 1. The Bertz CT molecular complexity index is 719. The number of halogens is 1. The second kappa shape index (κ2) is 4.90. The Labute approximate surface area is 114 Å². The molecular weight excluding hydrogens is 266 g/mol. The van der Waals surface area contributed by atoms with Crippen molar-refractivity contribution in [2.45, 2.75) is 13.8 Å². The number of nitrogens with zero attached hydrogens (tertiary/aromatic N) is 1. The number of aromatic nitrogens is 1. The molecule has 1 N–H and O–H groups in total. The molecule has 1 aromatic carbocycles. The van der Waals surface area contributed by atoms with Crippen molar-refractivity contribution < 1.29 is 9.90 Å². The lowest BCUT2D eigenvalue weighted by molar-refractivity contribution is 0.0695. The zero-order valence-electron chi connectivity index (χ0n) is 10.5. The van der Waals surface area contributed by atoms with E-state index in [9.17, 15) is 9.59 Å². The third kappa shape index (κ3) is 2.53. The SMILES string of the molecule is Cc1ccc(Cl)c(-n2cc(C(=O)O)c(=O)cc2C)c1. The number of hydrogen-bond acceptors (Lipinski definition) is 2. The Morgan fingerprint density at radius 3 is 2.58 bits per heavy atom. The molecule has 0 fully saturated rings. The first-order valence-corrected chi connectivity index (χ1v) is 6.01. The quantitative estimate of drug-likeness (QED) is 0.918. The molecule has 0 aliphatic rings. The van der Waals surface area contributed by atoms with Gasteiger partial charge in [0.05, 0.1) is 10.7 Å². The highest BCUT2D eigenvalue weighted by molar-refractivity contribution is 6.32. The minimum atomic E-state index is -1.25. The van der Waals surface area contributed by atoms with E-state index >= 15 is 0 Å². The number of carbonyl (C=O) groups is 1. The van der Waals surface area contributed by atoms with Crippen LogP contribution >= 0.6 is 11.6 Å². The van der Waals surface area contributed by atoms with Gasteiger partial charge in [-0.05, 0) is 31.5 Å². The summed E-state index contributed by atoms with van der Waals surface area (Å²) in [4.78, 5) is 22.6. The molecule has 2 aromatic rings. The maximum atomic E-state index is 11.6. The van der Waals surface area contributed by atoms with Gasteiger partial charge in [-0.15, -0.1) is 0 Å². The summed E-state index contributed by atoms with van der Waals surface area (Å²) in [5.41, 5.74) is 1.49. The molecule has 0 bridgehead atoms. The topological polar surface area (TPSA) is 59.3 Å². The van der Waals surface area contributed by atoms with Gasteiger partial charge in [-0.3, -0.25) is 4.79 Å². The van der Waals surface area contributed by atoms with Crippen molar-refractivity contribution >= 4 is 17.6 Å². The molecule has 1 aromatic heterocycles. The van der Waals surface area contributed by atoms with Gasteiger partial charge in [0.2, 0.25) is 0 Å². The molecule has 0 saturated heterocycles. The average Bonchev–Trinajstić information content (AvgIpc) is 2.32. The molecule has 0 aliphatic heterocycles. The second-order valence-electron chi connectivity index (χ2n) is 4.32. The van der Waals surface area contributed by atoms with Crippen molar-refractivity contribution in [3.05, 3.63) is 62.5 Å². The maximum absolute atomic E-state index is 11.6. The van der Waals surface area contributed by atoms with E-state index in [0.717, 1.165) is 5.56 Å². The largest absolute Gasteiger partial charge is 0.477 e. The minimum Gasteiger partial charge on any atom is -0.477 e. The molecule has 19 heavy (non-hydrogen) atoms. The Hall–Kier alpha value is -2.07. The molecule has 5 heteroatoms. The lowest BCUT2D eigenvalue weighted by atomic mass is 10.2. The van der Waals surface area contributed by atoms with Gasteiger partial charge in [0.1, 0.15) is 5.56 Å². The molecule has 98 valence electrons. The summed E-state index contributed by atoms with van der Waals surface area (Å²) in [7, 11) is 0. The highest BCUT2D eigenvalue weighted by Crippen LogP contribution is 2.22. The van der Waals surface area contributed by atoms with E-state index in [-0.39, 0.29) is 5.56 Å². The van der Waals surface area contributed by atoms with Crippen LogP contribution in [-0.2, 0) is 0 Å². The van der Waals surface area contributed by atoms with Gasteiger partial charge in [0.25, 0.3) is 0 Å². The van der Waals surface area contributed by atoms with Crippen LogP contribution in [0.2, 0.25) is 5.02 Å². The standard InChI is InChI=1S/C14H12ClNO3/c1-8-3-4-11(15)12(5-8)16-7-10(14(18)19)13(17)6-9(16)2/h3-7H,1-2H3,(H,18,19). The van der Waals surface area contributed by atoms with Gasteiger partial charge < -0.3 is 9.67 Å². The maximum Gasteiger partial charge on any atom is 0.341 e. The number of aryl methyl sites for hydroxylation is 2. The van der Waals surface area contributed by atoms with Gasteiger partial charge in [0, 0.05) is 18.0 Å². The Balaban J connectivity index is 2.75. The lowest BCUT2D eigenvalue weighted by Gasteiger charge is -2.13. The summed E-state index contributed by atoms with van der Waals surface area (Å²) in [5.74, 6) is -1.25. The van der Waals surface area contributed by atoms with Crippen LogP contribution in [0, 0.1) is 13.8 Å². The molecule has 0 spiro atoms. The summed E-state index contributed by atoms with van der Waals surface area (Å²) in [6.07, 6.45) is 1.31. The normalized spacial score (nSPS) is 10.5. The fourth-order valence-corrected chi connectivity index (χ4v) is 2.07. The van der Waals surface area contributed by atoms with Crippen LogP contribution in [0.25, 0.3) is 5.69 Å². The number of hydrogen-bond donors (Lipinski definition) is 1. The first-order chi connectivity index (χ1) is 8.90. The fraction of sp³-hybridized carbons (Fsp3) is 0.143. The first kappa shape index (κ1) is 13.4. The Kier molecular flexibility index (Phi) is 3.44. The number of carboxylic acids is 1. The Morgan fingerprint density at radius 2 is 1.95 bits per heavy atom. The third-order valence-electron chi connectivity index (χ3n) is 2.84. The molecule has 0 unspecified atom stereocenters. The van der Waals surface area contributed by atoms with Gasteiger partial charge in [-0.25, -0.2) is 4.79 Å². The van der Waals surface area contributed by atoms with Crippen LogP contribution in [0.3, 0.4) is 0 Å². The van der Waals surface area contributed by atoms with E-state index in [4.69, 9.17) is 16.7 Å². The summed E-state index contributed by atoms with van der Waals surface area (Å²) >= 11 is 6.13. The fourth-order valence-electron chi connectivity index (χ4n) is 1.86. The van der Waals surface area contributed by atoms with Crippen LogP contribution in [0.15, 0.2) is 35.3 Å². The van der Waals surface area contributed by atoms with E-state index in [1.807, 2.05) is 19.1 Å². The van der Waals surface area contributed by atoms with Crippen LogP contribution in [0.5, 0.6) is 0 Å². The number of aromatic carboxylic acids is 1. The molecule has 2 rings (SSSR count). The van der Waals surface area contributed by atoms with Gasteiger partial charge >= 0.3 is 5.97 Å². The first-order valence-electron chi connectivity index (χ1n) is 5.63. The summed E-state index contributed by atoms with van der Waals surface area (Å²) in [5, 5.41) is 9.50. The molecule has 4 nitrogen and oxygen atoms in total. The molecular formula is C14H12ClNO3. The van der Waals surface area contributed by atoms with Crippen LogP contribution in [0.4, 0.5) is 0 Å². The highest BCUT2D eigenvalue weighted by atomic mass is 35.5. The molecule has 0 radical (unpaired) electrons. The summed E-state index contributed by atoms with van der Waals surface area (Å²) in [6.45, 7) is 3.64. The molecule has 0 atom stereocenters. The van der Waals surface area contributed by atoms with Gasteiger partial charge in [0.15, 0.2) is 5.43 Å². The van der Waals surface area contributed by atoms with Crippen LogP contribution in [0.1, 0.15) is 21.6 Å². The van der Waals surface area contributed by atoms with Crippen molar-refractivity contribution in [1.29, 1.82) is 0 Å². The van der Waals surface area contributed by atoms with E-state index < -0.39 is 11.4 Å². The van der Waals surface area contributed by atoms with Crippen molar-refractivity contribution in [2.75, 3.05) is 0 Å². The predicted molar refractivity (Wildman–Crippen MR) is 73.5 cm³/mol. The third-order valence-corrected chi connectivity index (χ3v) is 3.15. The van der Waals surface area contributed by atoms with E-state index in [1.165, 1.54) is 12.3 Å². The summed E-state index contributed by atoms with van der Waals surface area (Å²) < 4.78 is 1.61. The number of benzene rings is 1. The van der Waals surface area contributed by atoms with E-state index in [1.54, 1.807) is 17.6 Å². The van der Waals surface area contributed by atoms with Crippen molar-refractivity contribution in [2.24, 2.45) is 0 Å². The second-order valence-corrected chi connectivity index (χ2v) is 4.73. The van der Waals surface area contributed by atoms with E-state index in [2.05, 4.69) is 0 Å². The van der Waals surface area contributed by atoms with Crippen molar-refractivity contribution in [3.63, 3.8) is 0 Å². The zero-order chi connectivity index (χ0) is 14.2. The number of carboxylic acid groups (broad SMARTS) is 1. The summed E-state index contributed by atoms with van der Waals surface area (Å²) in [6, 6.07) is 6.74. The molecule has 0 amide bonds. The molecule has 0 saturated carbocycles. The monoisotopic (exact) mass is 277 g/mol. The van der Waals surface area contributed by atoms with Crippen LogP contribution in [-0.4, -0.2) is 15.6 Å². The van der Waals surface area contributed by atoms with Crippen molar-refractivity contribution in [3.8, 4) is 5.69 Å². The lowest BCUT2D eigenvalue weighted by Crippen LogP contribution is -2.18. The smallest absolute Gasteiger partial charge is 0.341 e. The van der Waals surface area contributed by atoms with Crippen molar-refractivity contribution in [1.82, 2.24) is 4.57 Å². The van der Waals surface area contributed by atoms with Gasteiger partial charge in [-0.2, -0.15) is 0 Å². The van der Waals surface area contributed by atoms with Gasteiger partial charge in [-0.1, -0.05) is 17.7 Å². The highest BCUT2D eigenvalue weighted by Gasteiger charge is 2.13. The van der Waals surface area contributed by atoms with E-state index in [0.29, 0.717) is 16.4 Å². The minimum absolute atomic E-state index is 0.275.